The van der Waals surface area contributed by atoms with Crippen molar-refractivity contribution in [3.05, 3.63) is 23.8 Å². The van der Waals surface area contributed by atoms with E-state index in [1.54, 1.807) is 7.11 Å². The van der Waals surface area contributed by atoms with Gasteiger partial charge in [0.15, 0.2) is 11.5 Å². The highest BCUT2D eigenvalue weighted by atomic mass is 16.5. The molecule has 4 rings (SSSR count). The van der Waals surface area contributed by atoms with Gasteiger partial charge in [0.2, 0.25) is 0 Å². The molecular weight excluding hydrogens is 352 g/mol. The summed E-state index contributed by atoms with van der Waals surface area (Å²) in [5.74, 6) is 1.67. The summed E-state index contributed by atoms with van der Waals surface area (Å²) >= 11 is 0. The Morgan fingerprint density at radius 3 is 2.57 bits per heavy atom. The van der Waals surface area contributed by atoms with Gasteiger partial charge in [-0.15, -0.1) is 0 Å². The van der Waals surface area contributed by atoms with E-state index < -0.39 is 0 Å². The summed E-state index contributed by atoms with van der Waals surface area (Å²) < 4.78 is 11.6. The molecule has 1 aliphatic carbocycles. The van der Waals surface area contributed by atoms with Crippen molar-refractivity contribution >= 4 is 0 Å². The molecule has 28 heavy (non-hydrogen) atoms. The fourth-order valence-corrected chi connectivity index (χ4v) is 5.47. The lowest BCUT2D eigenvalue weighted by molar-refractivity contribution is -0.0120. The quantitative estimate of drug-likeness (QED) is 0.777. The number of hydrogen-bond acceptors (Lipinski definition) is 5. The SMILES string of the molecule is COc1cc(CN2CCC[C@@]3(CCC[C@H]3O)C2)ccc1OCCN1CCCC1. The van der Waals surface area contributed by atoms with E-state index in [-0.39, 0.29) is 11.5 Å². The maximum absolute atomic E-state index is 10.5. The van der Waals surface area contributed by atoms with Gasteiger partial charge in [-0.1, -0.05) is 12.5 Å². The molecule has 0 amide bonds. The minimum atomic E-state index is -0.115. The molecule has 2 atom stereocenters. The van der Waals surface area contributed by atoms with Gasteiger partial charge in [-0.05, 0) is 75.9 Å². The Kier molecular flexibility index (Phi) is 6.44. The average Bonchev–Trinajstić information content (AvgIpc) is 3.34. The highest BCUT2D eigenvalue weighted by molar-refractivity contribution is 5.43. The average molecular weight is 389 g/mol. The summed E-state index contributed by atoms with van der Waals surface area (Å²) in [5.41, 5.74) is 1.40. The molecule has 156 valence electrons. The maximum atomic E-state index is 10.5. The Balaban J connectivity index is 1.34. The van der Waals surface area contributed by atoms with Crippen LogP contribution in [0.15, 0.2) is 18.2 Å². The second-order valence-electron chi connectivity index (χ2n) is 8.97. The fourth-order valence-electron chi connectivity index (χ4n) is 5.47. The number of benzene rings is 1. The summed E-state index contributed by atoms with van der Waals surface area (Å²) in [6.07, 6.45) is 8.20. The zero-order chi connectivity index (χ0) is 19.4. The van der Waals surface area contributed by atoms with E-state index >= 15 is 0 Å². The lowest BCUT2D eigenvalue weighted by Gasteiger charge is -2.42. The molecule has 5 heteroatoms. The predicted octanol–water partition coefficient (Wildman–Crippen LogP) is 3.30. The number of likely N-dealkylation sites (tertiary alicyclic amines) is 2. The highest BCUT2D eigenvalue weighted by Crippen LogP contribution is 2.45. The number of aliphatic hydroxyl groups excluding tert-OH is 1. The Morgan fingerprint density at radius 1 is 1.04 bits per heavy atom. The molecule has 0 unspecified atom stereocenters. The minimum Gasteiger partial charge on any atom is -0.493 e. The standard InChI is InChI=1S/C23H36N2O3/c1-27-21-16-19(7-8-20(21)28-15-14-24-11-2-3-12-24)17-25-13-5-10-23(18-25)9-4-6-22(23)26/h7-8,16,22,26H,2-6,9-15,17-18H2,1H3/t22-,23+/m1/s1. The lowest BCUT2D eigenvalue weighted by atomic mass is 9.76. The van der Waals surface area contributed by atoms with Crippen molar-refractivity contribution in [2.45, 2.75) is 57.6 Å². The maximum Gasteiger partial charge on any atom is 0.161 e. The van der Waals surface area contributed by atoms with Gasteiger partial charge in [-0.3, -0.25) is 9.80 Å². The third-order valence-electron chi connectivity index (χ3n) is 7.04. The minimum absolute atomic E-state index is 0.115. The summed E-state index contributed by atoms with van der Waals surface area (Å²) in [7, 11) is 1.72. The number of rotatable bonds is 7. The van der Waals surface area contributed by atoms with Gasteiger partial charge in [0.05, 0.1) is 13.2 Å². The van der Waals surface area contributed by atoms with Crippen LogP contribution in [0, 0.1) is 5.41 Å². The fraction of sp³-hybridized carbons (Fsp3) is 0.739. The Bertz CT molecular complexity index is 647. The first-order valence-electron chi connectivity index (χ1n) is 11.1. The molecule has 5 nitrogen and oxygen atoms in total. The molecule has 1 saturated carbocycles. The van der Waals surface area contributed by atoms with E-state index in [0.29, 0.717) is 6.61 Å². The number of aliphatic hydroxyl groups is 1. The molecule has 1 N–H and O–H groups in total. The number of nitrogens with zero attached hydrogens (tertiary/aromatic N) is 2. The van der Waals surface area contributed by atoms with Gasteiger partial charge >= 0.3 is 0 Å². The molecule has 3 fully saturated rings. The van der Waals surface area contributed by atoms with Crippen LogP contribution in [0.2, 0.25) is 0 Å². The van der Waals surface area contributed by atoms with Gasteiger partial charge in [-0.2, -0.15) is 0 Å². The molecule has 0 bridgehead atoms. The van der Waals surface area contributed by atoms with Crippen LogP contribution in [-0.2, 0) is 6.54 Å². The largest absolute Gasteiger partial charge is 0.493 e. The van der Waals surface area contributed by atoms with Gasteiger partial charge in [-0.25, -0.2) is 0 Å². The number of hydrogen-bond donors (Lipinski definition) is 1. The van der Waals surface area contributed by atoms with E-state index in [9.17, 15) is 5.11 Å². The molecule has 2 heterocycles. The van der Waals surface area contributed by atoms with Crippen molar-refractivity contribution in [2.24, 2.45) is 5.41 Å². The topological polar surface area (TPSA) is 45.2 Å². The second kappa shape index (κ2) is 9.02. The van der Waals surface area contributed by atoms with Crippen molar-refractivity contribution in [1.29, 1.82) is 0 Å². The molecule has 2 aliphatic heterocycles. The summed E-state index contributed by atoms with van der Waals surface area (Å²) in [6.45, 7) is 7.15. The van der Waals surface area contributed by atoms with Crippen LogP contribution >= 0.6 is 0 Å². The third kappa shape index (κ3) is 4.47. The number of piperidine rings is 1. The smallest absolute Gasteiger partial charge is 0.161 e. The second-order valence-corrected chi connectivity index (χ2v) is 8.97. The molecular formula is C23H36N2O3. The van der Waals surface area contributed by atoms with Crippen molar-refractivity contribution in [3.63, 3.8) is 0 Å². The van der Waals surface area contributed by atoms with Crippen LogP contribution in [0.5, 0.6) is 11.5 Å². The van der Waals surface area contributed by atoms with Crippen LogP contribution < -0.4 is 9.47 Å². The third-order valence-corrected chi connectivity index (χ3v) is 7.04. The van der Waals surface area contributed by atoms with Crippen molar-refractivity contribution in [3.8, 4) is 11.5 Å². The normalized spacial score (nSPS) is 28.9. The predicted molar refractivity (Wildman–Crippen MR) is 111 cm³/mol. The molecule has 3 aliphatic rings. The lowest BCUT2D eigenvalue weighted by Crippen LogP contribution is -2.46. The van der Waals surface area contributed by atoms with Crippen LogP contribution in [0.1, 0.15) is 50.5 Å². The van der Waals surface area contributed by atoms with Gasteiger partial charge in [0, 0.05) is 25.0 Å². The van der Waals surface area contributed by atoms with Crippen molar-refractivity contribution in [1.82, 2.24) is 9.80 Å². The summed E-state index contributed by atoms with van der Waals surface area (Å²) in [5, 5.41) is 10.5. The van der Waals surface area contributed by atoms with Crippen molar-refractivity contribution < 1.29 is 14.6 Å². The van der Waals surface area contributed by atoms with E-state index in [0.717, 1.165) is 44.1 Å². The van der Waals surface area contributed by atoms with Crippen LogP contribution in [0.25, 0.3) is 0 Å². The monoisotopic (exact) mass is 388 g/mol. The zero-order valence-electron chi connectivity index (χ0n) is 17.4. The first-order valence-corrected chi connectivity index (χ1v) is 11.1. The van der Waals surface area contributed by atoms with Crippen LogP contribution in [-0.4, -0.2) is 67.5 Å². The van der Waals surface area contributed by atoms with Gasteiger partial charge in [0.1, 0.15) is 6.61 Å². The number of methoxy groups -OCH3 is 1. The molecule has 1 aromatic rings. The molecule has 1 spiro atoms. The summed E-state index contributed by atoms with van der Waals surface area (Å²) in [4.78, 5) is 4.98. The zero-order valence-corrected chi connectivity index (χ0v) is 17.4. The Morgan fingerprint density at radius 2 is 1.82 bits per heavy atom. The first-order chi connectivity index (χ1) is 13.7. The number of ether oxygens (including phenoxy) is 2. The molecule has 0 aromatic heterocycles. The van der Waals surface area contributed by atoms with Gasteiger partial charge in [0.25, 0.3) is 0 Å². The summed E-state index contributed by atoms with van der Waals surface area (Å²) in [6, 6.07) is 6.35. The van der Waals surface area contributed by atoms with E-state index in [4.69, 9.17) is 9.47 Å². The van der Waals surface area contributed by atoms with Crippen molar-refractivity contribution in [2.75, 3.05) is 46.4 Å². The molecule has 0 radical (unpaired) electrons. The van der Waals surface area contributed by atoms with Crippen LogP contribution in [0.4, 0.5) is 0 Å². The molecule has 2 saturated heterocycles. The van der Waals surface area contributed by atoms with E-state index in [1.807, 2.05) is 0 Å². The van der Waals surface area contributed by atoms with E-state index in [2.05, 4.69) is 28.0 Å². The van der Waals surface area contributed by atoms with E-state index in [1.165, 1.54) is 57.2 Å². The van der Waals surface area contributed by atoms with Crippen LogP contribution in [0.3, 0.4) is 0 Å². The van der Waals surface area contributed by atoms with Gasteiger partial charge < -0.3 is 14.6 Å². The first kappa shape index (κ1) is 20.0. The highest BCUT2D eigenvalue weighted by Gasteiger charge is 2.44. The molecule has 1 aromatic carbocycles. The Labute approximate surface area is 169 Å². The Hall–Kier alpha value is -1.30.